The fourth-order valence-electron chi connectivity index (χ4n) is 2.53. The van der Waals surface area contributed by atoms with Crippen LogP contribution in [-0.4, -0.2) is 35.5 Å². The highest BCUT2D eigenvalue weighted by molar-refractivity contribution is 7.99. The monoisotopic (exact) mass is 329 g/mol. The quantitative estimate of drug-likeness (QED) is 0.908. The smallest absolute Gasteiger partial charge is 0.261 e. The summed E-state index contributed by atoms with van der Waals surface area (Å²) in [5.74, 6) is 1.90. The van der Waals surface area contributed by atoms with Gasteiger partial charge in [-0.3, -0.25) is 9.59 Å². The zero-order valence-corrected chi connectivity index (χ0v) is 13.8. The van der Waals surface area contributed by atoms with Crippen LogP contribution in [0.5, 0.6) is 0 Å². The number of benzene rings is 1. The molecule has 0 bridgehead atoms. The van der Waals surface area contributed by atoms with Crippen molar-refractivity contribution in [3.8, 4) is 0 Å². The number of hydrogen-bond donors (Lipinski definition) is 2. The Hall–Kier alpha value is -2.21. The van der Waals surface area contributed by atoms with Crippen LogP contribution >= 0.6 is 11.8 Å². The van der Waals surface area contributed by atoms with Crippen molar-refractivity contribution in [2.75, 3.05) is 34.8 Å². The van der Waals surface area contributed by atoms with Crippen molar-refractivity contribution >= 4 is 29.0 Å². The molecule has 0 saturated carbocycles. The molecule has 1 saturated heterocycles. The Morgan fingerprint density at radius 1 is 1.13 bits per heavy atom. The summed E-state index contributed by atoms with van der Waals surface area (Å²) >= 11 is 1.97. The molecule has 2 N–H and O–H groups in total. The predicted octanol–water partition coefficient (Wildman–Crippen LogP) is 2.49. The molecule has 0 aliphatic carbocycles. The normalized spacial score (nSPS) is 14.6. The maximum Gasteiger partial charge on any atom is 0.261 e. The molecular formula is C17H19N3O2S. The third kappa shape index (κ3) is 3.76. The highest BCUT2D eigenvalue weighted by Crippen LogP contribution is 2.21. The van der Waals surface area contributed by atoms with E-state index in [0.29, 0.717) is 5.69 Å². The van der Waals surface area contributed by atoms with Gasteiger partial charge in [0.2, 0.25) is 0 Å². The summed E-state index contributed by atoms with van der Waals surface area (Å²) in [4.78, 5) is 29.0. The van der Waals surface area contributed by atoms with Gasteiger partial charge in [0.05, 0.1) is 0 Å². The van der Waals surface area contributed by atoms with E-state index in [1.54, 1.807) is 19.1 Å². The van der Waals surface area contributed by atoms with Crippen LogP contribution < -0.4 is 15.8 Å². The van der Waals surface area contributed by atoms with Gasteiger partial charge in [0.15, 0.2) is 0 Å². The van der Waals surface area contributed by atoms with Gasteiger partial charge < -0.3 is 15.2 Å². The minimum atomic E-state index is -0.395. The Balaban J connectivity index is 1.70. The first kappa shape index (κ1) is 15.7. The van der Waals surface area contributed by atoms with E-state index >= 15 is 0 Å². The number of aryl methyl sites for hydroxylation is 1. The SMILES string of the molecule is Cc1ccc(C(=O)Nc2ccc(N3CCSCC3)cc2)c(=O)[nH]1. The van der Waals surface area contributed by atoms with Crippen molar-refractivity contribution in [2.24, 2.45) is 0 Å². The van der Waals surface area contributed by atoms with Gasteiger partial charge in [0.25, 0.3) is 11.5 Å². The number of nitrogens with zero attached hydrogens (tertiary/aromatic N) is 1. The second kappa shape index (κ2) is 6.91. The molecule has 3 rings (SSSR count). The first-order chi connectivity index (χ1) is 11.1. The summed E-state index contributed by atoms with van der Waals surface area (Å²) in [5, 5.41) is 2.77. The van der Waals surface area contributed by atoms with E-state index in [1.807, 2.05) is 36.0 Å². The molecule has 0 radical (unpaired) electrons. The minimum absolute atomic E-state index is 0.118. The van der Waals surface area contributed by atoms with Gasteiger partial charge in [-0.05, 0) is 43.3 Å². The Morgan fingerprint density at radius 3 is 2.48 bits per heavy atom. The van der Waals surface area contributed by atoms with Crippen molar-refractivity contribution in [3.63, 3.8) is 0 Å². The lowest BCUT2D eigenvalue weighted by Crippen LogP contribution is -2.32. The number of aromatic nitrogens is 1. The molecule has 1 aliphatic rings. The number of thioether (sulfide) groups is 1. The maximum atomic E-state index is 12.2. The van der Waals surface area contributed by atoms with Crippen LogP contribution in [0, 0.1) is 6.92 Å². The van der Waals surface area contributed by atoms with E-state index in [-0.39, 0.29) is 11.1 Å². The second-order valence-corrected chi connectivity index (χ2v) is 6.71. The van der Waals surface area contributed by atoms with Crippen molar-refractivity contribution in [1.29, 1.82) is 0 Å². The summed E-state index contributed by atoms with van der Waals surface area (Å²) in [6.45, 7) is 3.88. The standard InChI is InChI=1S/C17H19N3O2S/c1-12-2-7-15(16(21)18-12)17(22)19-13-3-5-14(6-4-13)20-8-10-23-11-9-20/h2-7H,8-11H2,1H3,(H,18,21)(H,19,22). The van der Waals surface area contributed by atoms with Gasteiger partial charge in [-0.2, -0.15) is 11.8 Å². The average Bonchev–Trinajstić information content (AvgIpc) is 2.56. The van der Waals surface area contributed by atoms with Gasteiger partial charge in [-0.1, -0.05) is 0 Å². The summed E-state index contributed by atoms with van der Waals surface area (Å²) in [7, 11) is 0. The predicted molar refractivity (Wildman–Crippen MR) is 95.7 cm³/mol. The number of aromatic amines is 1. The average molecular weight is 329 g/mol. The van der Waals surface area contributed by atoms with E-state index in [0.717, 1.165) is 36.0 Å². The van der Waals surface area contributed by atoms with E-state index in [1.165, 1.54) is 0 Å². The van der Waals surface area contributed by atoms with Gasteiger partial charge in [0, 0.05) is 41.7 Å². The zero-order valence-electron chi connectivity index (χ0n) is 13.0. The molecule has 1 fully saturated rings. The van der Waals surface area contributed by atoms with Crippen molar-refractivity contribution in [1.82, 2.24) is 4.98 Å². The Kier molecular flexibility index (Phi) is 4.71. The van der Waals surface area contributed by atoms with Crippen LogP contribution in [0.3, 0.4) is 0 Å². The van der Waals surface area contributed by atoms with Crippen LogP contribution in [0.15, 0.2) is 41.2 Å². The Labute approximate surface area is 139 Å². The summed E-state index contributed by atoms with van der Waals surface area (Å²) in [6.07, 6.45) is 0. The molecule has 0 atom stereocenters. The zero-order chi connectivity index (χ0) is 16.2. The van der Waals surface area contributed by atoms with E-state index in [2.05, 4.69) is 15.2 Å². The highest BCUT2D eigenvalue weighted by atomic mass is 32.2. The number of pyridine rings is 1. The lowest BCUT2D eigenvalue weighted by Gasteiger charge is -2.28. The van der Waals surface area contributed by atoms with Crippen LogP contribution in [0.2, 0.25) is 0 Å². The van der Waals surface area contributed by atoms with Gasteiger partial charge in [-0.25, -0.2) is 0 Å². The molecule has 1 amide bonds. The maximum absolute atomic E-state index is 12.2. The van der Waals surface area contributed by atoms with Gasteiger partial charge in [0.1, 0.15) is 5.56 Å². The third-order valence-corrected chi connectivity index (χ3v) is 4.74. The molecule has 1 aromatic carbocycles. The molecule has 1 aromatic heterocycles. The van der Waals surface area contributed by atoms with Crippen LogP contribution in [0.1, 0.15) is 16.1 Å². The van der Waals surface area contributed by atoms with Crippen molar-refractivity contribution < 1.29 is 4.79 Å². The largest absolute Gasteiger partial charge is 0.370 e. The minimum Gasteiger partial charge on any atom is -0.370 e. The first-order valence-electron chi connectivity index (χ1n) is 7.57. The molecule has 120 valence electrons. The second-order valence-electron chi connectivity index (χ2n) is 5.48. The van der Waals surface area contributed by atoms with Gasteiger partial charge >= 0.3 is 0 Å². The summed E-state index contributed by atoms with van der Waals surface area (Å²) < 4.78 is 0. The lowest BCUT2D eigenvalue weighted by atomic mass is 10.2. The van der Waals surface area contributed by atoms with Crippen molar-refractivity contribution in [2.45, 2.75) is 6.92 Å². The molecule has 2 aromatic rings. The third-order valence-electron chi connectivity index (χ3n) is 3.80. The number of carbonyl (C=O) groups is 1. The van der Waals surface area contributed by atoms with Crippen LogP contribution in [0.4, 0.5) is 11.4 Å². The Bertz CT molecular complexity index is 749. The van der Waals surface area contributed by atoms with Crippen LogP contribution in [-0.2, 0) is 0 Å². The van der Waals surface area contributed by atoms with E-state index < -0.39 is 5.91 Å². The molecule has 5 nitrogen and oxygen atoms in total. The highest BCUT2D eigenvalue weighted by Gasteiger charge is 2.13. The molecular weight excluding hydrogens is 310 g/mol. The van der Waals surface area contributed by atoms with Gasteiger partial charge in [-0.15, -0.1) is 0 Å². The van der Waals surface area contributed by atoms with E-state index in [4.69, 9.17) is 0 Å². The number of rotatable bonds is 3. The number of H-pyrrole nitrogens is 1. The molecule has 23 heavy (non-hydrogen) atoms. The first-order valence-corrected chi connectivity index (χ1v) is 8.73. The number of hydrogen-bond acceptors (Lipinski definition) is 4. The van der Waals surface area contributed by atoms with Crippen molar-refractivity contribution in [3.05, 3.63) is 58.0 Å². The fourth-order valence-corrected chi connectivity index (χ4v) is 3.43. The summed E-state index contributed by atoms with van der Waals surface area (Å²) in [5.41, 5.74) is 2.33. The lowest BCUT2D eigenvalue weighted by molar-refractivity contribution is 0.102. The molecule has 6 heteroatoms. The number of carbonyl (C=O) groups excluding carboxylic acids is 1. The molecule has 0 spiro atoms. The Morgan fingerprint density at radius 2 is 1.83 bits per heavy atom. The summed E-state index contributed by atoms with van der Waals surface area (Å²) in [6, 6.07) is 11.0. The fraction of sp³-hybridized carbons (Fsp3) is 0.294. The van der Waals surface area contributed by atoms with Crippen LogP contribution in [0.25, 0.3) is 0 Å². The molecule has 0 unspecified atom stereocenters. The number of nitrogens with one attached hydrogen (secondary N) is 2. The topological polar surface area (TPSA) is 65.2 Å². The molecule has 2 heterocycles. The van der Waals surface area contributed by atoms with E-state index in [9.17, 15) is 9.59 Å². The molecule has 1 aliphatic heterocycles. The number of amides is 1. The number of anilines is 2.